The predicted molar refractivity (Wildman–Crippen MR) is 63.2 cm³/mol. The molecule has 82 valence electrons. The summed E-state index contributed by atoms with van der Waals surface area (Å²) in [5.74, 6) is 0. The molecule has 0 saturated heterocycles. The molecule has 1 N–H and O–H groups in total. The van der Waals surface area contributed by atoms with Crippen LogP contribution in [0.15, 0.2) is 11.6 Å². The Morgan fingerprint density at radius 3 is 2.93 bits per heavy atom. The lowest BCUT2D eigenvalue weighted by Crippen LogP contribution is -2.10. The Bertz CT molecular complexity index is 361. The molecule has 3 heteroatoms. The first-order valence-corrected chi connectivity index (χ1v) is 6.27. The Morgan fingerprint density at radius 1 is 1.53 bits per heavy atom. The van der Waals surface area contributed by atoms with E-state index in [0.29, 0.717) is 0 Å². The van der Waals surface area contributed by atoms with Crippen LogP contribution >= 0.6 is 11.3 Å². The van der Waals surface area contributed by atoms with Gasteiger partial charge in [0.05, 0.1) is 16.8 Å². The van der Waals surface area contributed by atoms with E-state index in [1.54, 1.807) is 11.3 Å². The van der Waals surface area contributed by atoms with E-state index in [-0.39, 0.29) is 6.10 Å². The fourth-order valence-electron chi connectivity index (χ4n) is 1.93. The van der Waals surface area contributed by atoms with E-state index in [2.05, 4.69) is 18.8 Å². The SMILES string of the molecule is Cc1nc(CC2=CC(O)CCC2)sc1C. The fraction of sp³-hybridized carbons (Fsp3) is 0.583. The van der Waals surface area contributed by atoms with Crippen molar-refractivity contribution < 1.29 is 5.11 Å². The van der Waals surface area contributed by atoms with Crippen LogP contribution in [0.25, 0.3) is 0 Å². The zero-order valence-electron chi connectivity index (χ0n) is 9.29. The van der Waals surface area contributed by atoms with Gasteiger partial charge in [0.1, 0.15) is 0 Å². The highest BCUT2D eigenvalue weighted by Crippen LogP contribution is 2.24. The molecule has 0 fully saturated rings. The van der Waals surface area contributed by atoms with Gasteiger partial charge in [0.25, 0.3) is 0 Å². The molecule has 0 aliphatic heterocycles. The van der Waals surface area contributed by atoms with E-state index in [0.717, 1.165) is 31.4 Å². The molecule has 1 aromatic rings. The summed E-state index contributed by atoms with van der Waals surface area (Å²) in [7, 11) is 0. The van der Waals surface area contributed by atoms with E-state index in [4.69, 9.17) is 0 Å². The zero-order valence-corrected chi connectivity index (χ0v) is 10.1. The maximum atomic E-state index is 9.52. The number of aryl methyl sites for hydroxylation is 2. The first kappa shape index (κ1) is 10.8. The summed E-state index contributed by atoms with van der Waals surface area (Å²) in [5, 5.41) is 10.7. The number of aromatic nitrogens is 1. The molecule has 0 amide bonds. The molecule has 1 heterocycles. The van der Waals surface area contributed by atoms with Crippen molar-refractivity contribution in [2.24, 2.45) is 0 Å². The Balaban J connectivity index is 2.08. The number of aliphatic hydroxyl groups excluding tert-OH is 1. The molecular weight excluding hydrogens is 206 g/mol. The second-order valence-corrected chi connectivity index (χ2v) is 5.50. The van der Waals surface area contributed by atoms with E-state index in [1.165, 1.54) is 15.5 Å². The summed E-state index contributed by atoms with van der Waals surface area (Å²) in [6.45, 7) is 4.17. The van der Waals surface area contributed by atoms with Crippen LogP contribution in [-0.2, 0) is 6.42 Å². The highest BCUT2D eigenvalue weighted by Gasteiger charge is 2.13. The summed E-state index contributed by atoms with van der Waals surface area (Å²) in [6, 6.07) is 0. The zero-order chi connectivity index (χ0) is 10.8. The van der Waals surface area contributed by atoms with Gasteiger partial charge in [-0.1, -0.05) is 11.6 Å². The molecule has 2 rings (SSSR count). The summed E-state index contributed by atoms with van der Waals surface area (Å²) in [6.07, 6.45) is 5.85. The van der Waals surface area contributed by atoms with Crippen LogP contribution < -0.4 is 0 Å². The van der Waals surface area contributed by atoms with Crippen molar-refractivity contribution in [3.63, 3.8) is 0 Å². The Labute approximate surface area is 94.7 Å². The van der Waals surface area contributed by atoms with Crippen LogP contribution in [0.3, 0.4) is 0 Å². The van der Waals surface area contributed by atoms with Crippen molar-refractivity contribution in [3.05, 3.63) is 27.2 Å². The normalized spacial score (nSPS) is 21.5. The summed E-state index contributed by atoms with van der Waals surface area (Å²) < 4.78 is 0. The monoisotopic (exact) mass is 223 g/mol. The molecule has 1 unspecified atom stereocenters. The molecule has 15 heavy (non-hydrogen) atoms. The third-order valence-corrected chi connectivity index (χ3v) is 3.95. The average molecular weight is 223 g/mol. The molecule has 2 nitrogen and oxygen atoms in total. The summed E-state index contributed by atoms with van der Waals surface area (Å²) in [4.78, 5) is 5.83. The van der Waals surface area contributed by atoms with Crippen LogP contribution in [0, 0.1) is 13.8 Å². The third kappa shape index (κ3) is 2.67. The second kappa shape index (κ2) is 4.45. The molecule has 0 aromatic carbocycles. The molecule has 0 saturated carbocycles. The van der Waals surface area contributed by atoms with Crippen molar-refractivity contribution in [3.8, 4) is 0 Å². The molecule has 0 spiro atoms. The number of nitrogens with zero attached hydrogens (tertiary/aromatic N) is 1. The van der Waals surface area contributed by atoms with Gasteiger partial charge in [-0.3, -0.25) is 0 Å². The second-order valence-electron chi connectivity index (χ2n) is 4.21. The lowest BCUT2D eigenvalue weighted by molar-refractivity contribution is 0.202. The standard InChI is InChI=1S/C12H17NOS/c1-8-9(2)15-12(13-8)7-10-4-3-5-11(14)6-10/h6,11,14H,3-5,7H2,1-2H3. The van der Waals surface area contributed by atoms with Crippen molar-refractivity contribution in [2.45, 2.75) is 45.6 Å². The molecule has 1 aromatic heterocycles. The molecule has 0 radical (unpaired) electrons. The minimum atomic E-state index is -0.226. The first-order valence-electron chi connectivity index (χ1n) is 5.45. The first-order chi connectivity index (χ1) is 7.15. The van der Waals surface area contributed by atoms with Crippen LogP contribution in [0.4, 0.5) is 0 Å². The van der Waals surface area contributed by atoms with Gasteiger partial charge in [0.2, 0.25) is 0 Å². The predicted octanol–water partition coefficient (Wildman–Crippen LogP) is 2.77. The summed E-state index contributed by atoms with van der Waals surface area (Å²) in [5.41, 5.74) is 2.49. The van der Waals surface area contributed by atoms with E-state index in [1.807, 2.05) is 6.08 Å². The van der Waals surface area contributed by atoms with E-state index < -0.39 is 0 Å². The van der Waals surface area contributed by atoms with Gasteiger partial charge in [-0.05, 0) is 33.1 Å². The quantitative estimate of drug-likeness (QED) is 0.782. The topological polar surface area (TPSA) is 33.1 Å². The lowest BCUT2D eigenvalue weighted by Gasteiger charge is -2.15. The molecule has 1 aliphatic carbocycles. The van der Waals surface area contributed by atoms with Crippen molar-refractivity contribution in [1.82, 2.24) is 4.98 Å². The Kier molecular flexibility index (Phi) is 3.22. The van der Waals surface area contributed by atoms with Crippen molar-refractivity contribution >= 4 is 11.3 Å². The lowest BCUT2D eigenvalue weighted by atomic mass is 9.96. The number of hydrogen-bond donors (Lipinski definition) is 1. The van der Waals surface area contributed by atoms with E-state index in [9.17, 15) is 5.11 Å². The maximum absolute atomic E-state index is 9.52. The Morgan fingerprint density at radius 2 is 2.33 bits per heavy atom. The fourth-order valence-corrected chi connectivity index (χ4v) is 2.92. The van der Waals surface area contributed by atoms with Gasteiger partial charge in [0, 0.05) is 11.3 Å². The number of thiazole rings is 1. The van der Waals surface area contributed by atoms with Crippen LogP contribution in [0.1, 0.15) is 34.8 Å². The molecular formula is C12H17NOS. The highest BCUT2D eigenvalue weighted by atomic mass is 32.1. The summed E-state index contributed by atoms with van der Waals surface area (Å²) >= 11 is 1.78. The van der Waals surface area contributed by atoms with Gasteiger partial charge in [-0.2, -0.15) is 0 Å². The Hall–Kier alpha value is -0.670. The average Bonchev–Trinajstić information content (AvgIpc) is 2.45. The van der Waals surface area contributed by atoms with Gasteiger partial charge in [-0.25, -0.2) is 4.98 Å². The minimum Gasteiger partial charge on any atom is -0.389 e. The van der Waals surface area contributed by atoms with E-state index >= 15 is 0 Å². The van der Waals surface area contributed by atoms with Gasteiger partial charge in [-0.15, -0.1) is 11.3 Å². The largest absolute Gasteiger partial charge is 0.389 e. The van der Waals surface area contributed by atoms with Crippen LogP contribution in [0.5, 0.6) is 0 Å². The number of hydrogen-bond acceptors (Lipinski definition) is 3. The molecule has 1 atom stereocenters. The van der Waals surface area contributed by atoms with Gasteiger partial charge >= 0.3 is 0 Å². The maximum Gasteiger partial charge on any atom is 0.0971 e. The number of rotatable bonds is 2. The smallest absolute Gasteiger partial charge is 0.0971 e. The number of aliphatic hydroxyl groups is 1. The molecule has 0 bridgehead atoms. The van der Waals surface area contributed by atoms with Crippen molar-refractivity contribution in [1.29, 1.82) is 0 Å². The van der Waals surface area contributed by atoms with Crippen molar-refractivity contribution in [2.75, 3.05) is 0 Å². The van der Waals surface area contributed by atoms with Crippen LogP contribution in [-0.4, -0.2) is 16.2 Å². The number of allylic oxidation sites excluding steroid dienone is 1. The van der Waals surface area contributed by atoms with Crippen LogP contribution in [0.2, 0.25) is 0 Å². The third-order valence-electron chi connectivity index (χ3n) is 2.88. The van der Waals surface area contributed by atoms with Gasteiger partial charge in [0.15, 0.2) is 0 Å². The highest BCUT2D eigenvalue weighted by molar-refractivity contribution is 7.11. The molecule has 1 aliphatic rings. The minimum absolute atomic E-state index is 0.226. The van der Waals surface area contributed by atoms with Gasteiger partial charge < -0.3 is 5.11 Å².